The van der Waals surface area contributed by atoms with Gasteiger partial charge in [0, 0.05) is 29.9 Å². The topological polar surface area (TPSA) is 75.6 Å². The molecule has 130 valence electrons. The van der Waals surface area contributed by atoms with Gasteiger partial charge in [-0.15, -0.1) is 0 Å². The van der Waals surface area contributed by atoms with Crippen LogP contribution in [0.2, 0.25) is 10.0 Å². The number of hydrogen-bond acceptors (Lipinski definition) is 3. The van der Waals surface area contributed by atoms with E-state index in [9.17, 15) is 4.79 Å². The highest BCUT2D eigenvalue weighted by Gasteiger charge is 2.10. The van der Waals surface area contributed by atoms with Gasteiger partial charge in [0.2, 0.25) is 0 Å². The number of aromatic amines is 1. The van der Waals surface area contributed by atoms with Crippen LogP contribution < -0.4 is 5.32 Å². The molecule has 0 fully saturated rings. The van der Waals surface area contributed by atoms with Crippen LogP contribution in [0.4, 0.5) is 0 Å². The van der Waals surface area contributed by atoms with Crippen molar-refractivity contribution in [3.63, 3.8) is 0 Å². The van der Waals surface area contributed by atoms with Gasteiger partial charge in [-0.1, -0.05) is 35.3 Å². The van der Waals surface area contributed by atoms with E-state index >= 15 is 0 Å². The van der Waals surface area contributed by atoms with Gasteiger partial charge < -0.3 is 5.32 Å². The van der Waals surface area contributed by atoms with Crippen molar-refractivity contribution in [3.8, 4) is 11.3 Å². The van der Waals surface area contributed by atoms with Gasteiger partial charge in [-0.25, -0.2) is 0 Å². The fourth-order valence-corrected chi connectivity index (χ4v) is 2.63. The van der Waals surface area contributed by atoms with Crippen LogP contribution in [0.15, 0.2) is 36.5 Å². The number of carbonyl (C=O) groups is 1. The fourth-order valence-electron chi connectivity index (χ4n) is 2.35. The van der Waals surface area contributed by atoms with E-state index in [0.29, 0.717) is 34.5 Å². The Morgan fingerprint density at radius 2 is 2.04 bits per heavy atom. The van der Waals surface area contributed by atoms with E-state index in [-0.39, 0.29) is 5.91 Å². The molecule has 0 bridgehead atoms. The van der Waals surface area contributed by atoms with E-state index in [1.807, 2.05) is 19.1 Å². The number of halogens is 2. The molecule has 6 nitrogen and oxygen atoms in total. The molecule has 0 aliphatic rings. The maximum absolute atomic E-state index is 12.2. The highest BCUT2D eigenvalue weighted by molar-refractivity contribution is 6.31. The average Bonchev–Trinajstić information content (AvgIpc) is 3.20. The van der Waals surface area contributed by atoms with Crippen LogP contribution in [-0.2, 0) is 6.54 Å². The summed E-state index contributed by atoms with van der Waals surface area (Å²) in [5, 5.41) is 15.4. The molecule has 0 saturated carbocycles. The summed E-state index contributed by atoms with van der Waals surface area (Å²) in [4.78, 5) is 12.2. The van der Waals surface area contributed by atoms with Gasteiger partial charge in [-0.05, 0) is 31.5 Å². The zero-order chi connectivity index (χ0) is 17.8. The van der Waals surface area contributed by atoms with Crippen molar-refractivity contribution in [1.29, 1.82) is 0 Å². The molecule has 0 radical (unpaired) electrons. The molecule has 1 aromatic carbocycles. The van der Waals surface area contributed by atoms with Crippen LogP contribution >= 0.6 is 23.2 Å². The van der Waals surface area contributed by atoms with Crippen LogP contribution in [0.25, 0.3) is 11.3 Å². The SMILES string of the molecule is Cc1nn(CCCNC(=O)c2cc(-c3ccc(Cl)cc3)n[nH]2)cc1Cl. The van der Waals surface area contributed by atoms with Crippen molar-refractivity contribution >= 4 is 29.1 Å². The molecule has 2 N–H and O–H groups in total. The lowest BCUT2D eigenvalue weighted by Crippen LogP contribution is -2.25. The first-order valence-electron chi connectivity index (χ1n) is 7.82. The maximum Gasteiger partial charge on any atom is 0.269 e. The normalized spacial score (nSPS) is 10.8. The van der Waals surface area contributed by atoms with Gasteiger partial charge in [-0.3, -0.25) is 14.6 Å². The number of aromatic nitrogens is 4. The van der Waals surface area contributed by atoms with Crippen molar-refractivity contribution in [3.05, 3.63) is 58.0 Å². The van der Waals surface area contributed by atoms with Gasteiger partial charge in [-0.2, -0.15) is 10.2 Å². The van der Waals surface area contributed by atoms with Crippen molar-refractivity contribution in [2.75, 3.05) is 6.54 Å². The zero-order valence-corrected chi connectivity index (χ0v) is 15.1. The Hall–Kier alpha value is -2.31. The summed E-state index contributed by atoms with van der Waals surface area (Å²) in [5.41, 5.74) is 2.81. The second-order valence-electron chi connectivity index (χ2n) is 5.61. The molecular weight excluding hydrogens is 361 g/mol. The summed E-state index contributed by atoms with van der Waals surface area (Å²) in [6, 6.07) is 9.01. The average molecular weight is 378 g/mol. The first-order valence-corrected chi connectivity index (χ1v) is 8.57. The minimum absolute atomic E-state index is 0.192. The molecule has 0 aliphatic carbocycles. The van der Waals surface area contributed by atoms with E-state index < -0.39 is 0 Å². The summed E-state index contributed by atoms with van der Waals surface area (Å²) in [5.74, 6) is -0.192. The molecule has 1 amide bonds. The van der Waals surface area contributed by atoms with Gasteiger partial charge in [0.1, 0.15) is 5.69 Å². The van der Waals surface area contributed by atoms with E-state index in [1.54, 1.807) is 29.1 Å². The summed E-state index contributed by atoms with van der Waals surface area (Å²) < 4.78 is 1.78. The predicted octanol–water partition coefficient (Wildman–Crippen LogP) is 3.71. The zero-order valence-electron chi connectivity index (χ0n) is 13.6. The third kappa shape index (κ3) is 4.41. The second kappa shape index (κ2) is 7.72. The van der Waals surface area contributed by atoms with E-state index in [1.165, 1.54) is 0 Å². The molecule has 2 aromatic heterocycles. The van der Waals surface area contributed by atoms with Crippen molar-refractivity contribution in [2.45, 2.75) is 19.9 Å². The Balaban J connectivity index is 1.51. The molecule has 25 heavy (non-hydrogen) atoms. The number of nitrogens with zero attached hydrogens (tertiary/aromatic N) is 3. The predicted molar refractivity (Wildman–Crippen MR) is 98.0 cm³/mol. The monoisotopic (exact) mass is 377 g/mol. The first-order chi connectivity index (χ1) is 12.0. The Morgan fingerprint density at radius 1 is 1.28 bits per heavy atom. The lowest BCUT2D eigenvalue weighted by Gasteiger charge is -2.03. The van der Waals surface area contributed by atoms with E-state index in [2.05, 4.69) is 20.6 Å². The van der Waals surface area contributed by atoms with Crippen LogP contribution in [0.1, 0.15) is 22.6 Å². The number of aryl methyl sites for hydroxylation is 2. The number of nitrogens with one attached hydrogen (secondary N) is 2. The smallest absolute Gasteiger partial charge is 0.269 e. The van der Waals surface area contributed by atoms with Gasteiger partial charge >= 0.3 is 0 Å². The molecule has 0 atom stereocenters. The number of carbonyl (C=O) groups excluding carboxylic acids is 1. The van der Waals surface area contributed by atoms with Crippen LogP contribution in [0, 0.1) is 6.92 Å². The van der Waals surface area contributed by atoms with Gasteiger partial charge in [0.15, 0.2) is 0 Å². The number of amides is 1. The summed E-state index contributed by atoms with van der Waals surface area (Å²) in [6.45, 7) is 3.08. The molecule has 2 heterocycles. The minimum Gasteiger partial charge on any atom is -0.351 e. The molecule has 0 spiro atoms. The number of rotatable bonds is 6. The lowest BCUT2D eigenvalue weighted by atomic mass is 10.1. The van der Waals surface area contributed by atoms with Crippen molar-refractivity contribution in [2.24, 2.45) is 0 Å². The molecule has 0 aliphatic heterocycles. The molecule has 8 heteroatoms. The molecule has 3 rings (SSSR count). The number of benzene rings is 1. The first kappa shape index (κ1) is 17.5. The van der Waals surface area contributed by atoms with Crippen molar-refractivity contribution in [1.82, 2.24) is 25.3 Å². The molecular formula is C17H17Cl2N5O. The second-order valence-corrected chi connectivity index (χ2v) is 6.45. The number of H-pyrrole nitrogens is 1. The lowest BCUT2D eigenvalue weighted by molar-refractivity contribution is 0.0947. The van der Waals surface area contributed by atoms with E-state index in [4.69, 9.17) is 23.2 Å². The van der Waals surface area contributed by atoms with Crippen LogP contribution in [0.3, 0.4) is 0 Å². The Morgan fingerprint density at radius 3 is 2.72 bits per heavy atom. The minimum atomic E-state index is -0.192. The quantitative estimate of drug-likeness (QED) is 0.642. The van der Waals surface area contributed by atoms with E-state index in [0.717, 1.165) is 17.7 Å². The third-order valence-electron chi connectivity index (χ3n) is 3.70. The van der Waals surface area contributed by atoms with Crippen LogP contribution in [0.5, 0.6) is 0 Å². The third-order valence-corrected chi connectivity index (χ3v) is 4.32. The summed E-state index contributed by atoms with van der Waals surface area (Å²) in [7, 11) is 0. The number of hydrogen-bond donors (Lipinski definition) is 2. The van der Waals surface area contributed by atoms with Crippen molar-refractivity contribution < 1.29 is 4.79 Å². The molecule has 3 aromatic rings. The largest absolute Gasteiger partial charge is 0.351 e. The molecule has 0 saturated heterocycles. The van der Waals surface area contributed by atoms with Gasteiger partial charge in [0.25, 0.3) is 5.91 Å². The Bertz CT molecular complexity index is 850. The molecule has 0 unspecified atom stereocenters. The van der Waals surface area contributed by atoms with Crippen LogP contribution in [-0.4, -0.2) is 32.4 Å². The highest BCUT2D eigenvalue weighted by atomic mass is 35.5. The van der Waals surface area contributed by atoms with Gasteiger partial charge in [0.05, 0.1) is 16.4 Å². The summed E-state index contributed by atoms with van der Waals surface area (Å²) >= 11 is 11.8. The fraction of sp³-hybridized carbons (Fsp3) is 0.235. The Labute approximate surface area is 155 Å². The Kier molecular flexibility index (Phi) is 5.40. The summed E-state index contributed by atoms with van der Waals surface area (Å²) in [6.07, 6.45) is 2.54. The highest BCUT2D eigenvalue weighted by Crippen LogP contribution is 2.20. The maximum atomic E-state index is 12.2. The standard InChI is InChI=1S/C17H17Cl2N5O/c1-11-14(19)10-24(23-11)8-2-7-20-17(25)16-9-15(21-22-16)12-3-5-13(18)6-4-12/h3-6,9-10H,2,7-8H2,1H3,(H,20,25)(H,21,22).